The lowest BCUT2D eigenvalue weighted by molar-refractivity contribution is 0.0938. The molecule has 1 aromatic carbocycles. The van der Waals surface area contributed by atoms with Crippen molar-refractivity contribution in [2.24, 2.45) is 0 Å². The number of fused-ring (bicyclic) bond motifs is 1. The third-order valence-electron chi connectivity index (χ3n) is 3.86. The summed E-state index contributed by atoms with van der Waals surface area (Å²) < 4.78 is 0. The quantitative estimate of drug-likeness (QED) is 0.907. The van der Waals surface area contributed by atoms with Crippen LogP contribution in [0.5, 0.6) is 0 Å². The lowest BCUT2D eigenvalue weighted by Gasteiger charge is -2.21. The van der Waals surface area contributed by atoms with Crippen LogP contribution < -0.4 is 10.6 Å². The van der Waals surface area contributed by atoms with Crippen molar-refractivity contribution in [2.75, 3.05) is 6.54 Å². The summed E-state index contributed by atoms with van der Waals surface area (Å²) in [5.74, 6) is -0.0214. The Kier molecular flexibility index (Phi) is 3.97. The number of hydrogen-bond donors (Lipinski definition) is 2. The molecular weight excluding hydrogens is 262 g/mol. The molecule has 1 aliphatic rings. The fourth-order valence-electron chi connectivity index (χ4n) is 2.73. The Bertz CT molecular complexity index is 640. The lowest BCUT2D eigenvalue weighted by Crippen LogP contribution is -2.31. The maximum Gasteiger partial charge on any atom is 0.252 e. The molecule has 2 N–H and O–H groups in total. The Morgan fingerprint density at radius 2 is 2.19 bits per heavy atom. The molecule has 0 saturated carbocycles. The molecule has 1 aliphatic heterocycles. The van der Waals surface area contributed by atoms with Gasteiger partial charge in [-0.2, -0.15) is 0 Å². The van der Waals surface area contributed by atoms with Crippen molar-refractivity contribution >= 4 is 5.91 Å². The van der Waals surface area contributed by atoms with Gasteiger partial charge in [-0.1, -0.05) is 18.2 Å². The fourth-order valence-corrected chi connectivity index (χ4v) is 2.73. The molecule has 0 saturated heterocycles. The van der Waals surface area contributed by atoms with E-state index in [4.69, 9.17) is 0 Å². The Morgan fingerprint density at radius 1 is 1.29 bits per heavy atom. The maximum atomic E-state index is 12.5. The van der Waals surface area contributed by atoms with Gasteiger partial charge >= 0.3 is 0 Å². The van der Waals surface area contributed by atoms with Gasteiger partial charge in [0.1, 0.15) is 0 Å². The van der Waals surface area contributed by atoms with E-state index in [-0.39, 0.29) is 11.9 Å². The first-order valence-corrected chi connectivity index (χ1v) is 7.29. The monoisotopic (exact) mass is 281 g/mol. The van der Waals surface area contributed by atoms with E-state index in [1.54, 1.807) is 6.20 Å². The van der Waals surface area contributed by atoms with Gasteiger partial charge in [0.25, 0.3) is 5.91 Å². The van der Waals surface area contributed by atoms with Crippen LogP contribution in [0.2, 0.25) is 0 Å². The van der Waals surface area contributed by atoms with Gasteiger partial charge in [0, 0.05) is 18.3 Å². The first-order chi connectivity index (χ1) is 10.3. The number of aromatic nitrogens is 1. The van der Waals surface area contributed by atoms with Gasteiger partial charge in [0.2, 0.25) is 0 Å². The largest absolute Gasteiger partial charge is 0.344 e. The molecule has 1 atom stereocenters. The van der Waals surface area contributed by atoms with E-state index in [1.807, 2.05) is 37.3 Å². The van der Waals surface area contributed by atoms with Crippen LogP contribution in [0, 0.1) is 0 Å². The molecule has 0 fully saturated rings. The molecule has 3 rings (SSSR count). The predicted octanol–water partition coefficient (Wildman–Crippen LogP) is 2.22. The highest BCUT2D eigenvalue weighted by molar-refractivity contribution is 5.96. The molecule has 4 heteroatoms. The topological polar surface area (TPSA) is 54.0 Å². The van der Waals surface area contributed by atoms with Crippen molar-refractivity contribution < 1.29 is 4.79 Å². The maximum absolute atomic E-state index is 12.5. The highest BCUT2D eigenvalue weighted by atomic mass is 16.1. The minimum atomic E-state index is -0.101. The molecule has 0 unspecified atom stereocenters. The van der Waals surface area contributed by atoms with E-state index < -0.39 is 0 Å². The lowest BCUT2D eigenvalue weighted by atomic mass is 9.95. The molecule has 0 bridgehead atoms. The normalized spacial score (nSPS) is 15.1. The number of carbonyl (C=O) groups is 1. The van der Waals surface area contributed by atoms with Crippen LogP contribution in [0.3, 0.4) is 0 Å². The van der Waals surface area contributed by atoms with Gasteiger partial charge in [-0.3, -0.25) is 9.78 Å². The molecule has 4 nitrogen and oxygen atoms in total. The van der Waals surface area contributed by atoms with Crippen LogP contribution >= 0.6 is 0 Å². The summed E-state index contributed by atoms with van der Waals surface area (Å²) in [4.78, 5) is 16.8. The van der Waals surface area contributed by atoms with Gasteiger partial charge in [-0.05, 0) is 49.2 Å². The van der Waals surface area contributed by atoms with Crippen LogP contribution in [0.15, 0.2) is 42.6 Å². The molecule has 1 aromatic heterocycles. The number of rotatable bonds is 3. The Morgan fingerprint density at radius 3 is 3.00 bits per heavy atom. The second-order valence-corrected chi connectivity index (χ2v) is 5.32. The SMILES string of the molecule is C[C@H](NC(=O)c1cccc2c1CCNC2)c1ccccn1. The number of carbonyl (C=O) groups excluding carboxylic acids is 1. The van der Waals surface area contributed by atoms with Gasteiger partial charge in [-0.15, -0.1) is 0 Å². The average Bonchev–Trinajstić information content (AvgIpc) is 2.55. The molecule has 0 spiro atoms. The molecule has 2 aromatic rings. The van der Waals surface area contributed by atoms with Crippen LogP contribution in [-0.4, -0.2) is 17.4 Å². The van der Waals surface area contributed by atoms with E-state index in [2.05, 4.69) is 21.7 Å². The summed E-state index contributed by atoms with van der Waals surface area (Å²) in [6.07, 6.45) is 2.64. The Balaban J connectivity index is 1.80. The molecular formula is C17H19N3O. The number of nitrogens with zero attached hydrogens (tertiary/aromatic N) is 1. The Hall–Kier alpha value is -2.20. The third kappa shape index (κ3) is 2.95. The second kappa shape index (κ2) is 6.06. The standard InChI is InChI=1S/C17H19N3O/c1-12(16-7-2-3-9-19-16)20-17(21)15-6-4-5-13-11-18-10-8-14(13)15/h2-7,9,12,18H,8,10-11H2,1H3,(H,20,21)/t12-/m0/s1. The molecule has 108 valence electrons. The Labute approximate surface area is 124 Å². The summed E-state index contributed by atoms with van der Waals surface area (Å²) in [6, 6.07) is 11.6. The van der Waals surface area contributed by atoms with Crippen LogP contribution in [-0.2, 0) is 13.0 Å². The van der Waals surface area contributed by atoms with E-state index in [0.29, 0.717) is 0 Å². The molecule has 0 aliphatic carbocycles. The van der Waals surface area contributed by atoms with Crippen molar-refractivity contribution in [3.8, 4) is 0 Å². The third-order valence-corrected chi connectivity index (χ3v) is 3.86. The van der Waals surface area contributed by atoms with E-state index in [0.717, 1.165) is 30.8 Å². The van der Waals surface area contributed by atoms with Crippen molar-refractivity contribution in [2.45, 2.75) is 25.9 Å². The average molecular weight is 281 g/mol. The second-order valence-electron chi connectivity index (χ2n) is 5.32. The summed E-state index contributed by atoms with van der Waals surface area (Å²) >= 11 is 0. The summed E-state index contributed by atoms with van der Waals surface area (Å²) in [7, 11) is 0. The zero-order valence-corrected chi connectivity index (χ0v) is 12.1. The zero-order chi connectivity index (χ0) is 14.7. The predicted molar refractivity (Wildman–Crippen MR) is 82.0 cm³/mol. The first kappa shape index (κ1) is 13.8. The summed E-state index contributed by atoms with van der Waals surface area (Å²) in [5, 5.41) is 6.37. The van der Waals surface area contributed by atoms with Gasteiger partial charge in [0.15, 0.2) is 0 Å². The van der Waals surface area contributed by atoms with Crippen LogP contribution in [0.4, 0.5) is 0 Å². The highest BCUT2D eigenvalue weighted by Crippen LogP contribution is 2.19. The molecule has 1 amide bonds. The smallest absolute Gasteiger partial charge is 0.252 e. The van der Waals surface area contributed by atoms with Crippen LogP contribution in [0.25, 0.3) is 0 Å². The fraction of sp³-hybridized carbons (Fsp3) is 0.294. The van der Waals surface area contributed by atoms with Gasteiger partial charge < -0.3 is 10.6 Å². The summed E-state index contributed by atoms with van der Waals surface area (Å²) in [6.45, 7) is 3.72. The minimum absolute atomic E-state index is 0.0214. The van der Waals surface area contributed by atoms with Gasteiger partial charge in [0.05, 0.1) is 11.7 Å². The minimum Gasteiger partial charge on any atom is -0.344 e. The van der Waals surface area contributed by atoms with E-state index >= 15 is 0 Å². The van der Waals surface area contributed by atoms with Crippen molar-refractivity contribution in [1.29, 1.82) is 0 Å². The van der Waals surface area contributed by atoms with Crippen molar-refractivity contribution in [1.82, 2.24) is 15.6 Å². The number of nitrogens with one attached hydrogen (secondary N) is 2. The van der Waals surface area contributed by atoms with Crippen molar-refractivity contribution in [3.05, 3.63) is 65.0 Å². The van der Waals surface area contributed by atoms with Crippen molar-refractivity contribution in [3.63, 3.8) is 0 Å². The molecule has 2 heterocycles. The first-order valence-electron chi connectivity index (χ1n) is 7.29. The van der Waals surface area contributed by atoms with Crippen LogP contribution in [0.1, 0.15) is 40.1 Å². The number of benzene rings is 1. The highest BCUT2D eigenvalue weighted by Gasteiger charge is 2.19. The number of hydrogen-bond acceptors (Lipinski definition) is 3. The van der Waals surface area contributed by atoms with E-state index in [1.165, 1.54) is 11.1 Å². The molecule has 21 heavy (non-hydrogen) atoms. The van der Waals surface area contributed by atoms with Gasteiger partial charge in [-0.25, -0.2) is 0 Å². The zero-order valence-electron chi connectivity index (χ0n) is 12.1. The van der Waals surface area contributed by atoms with E-state index in [9.17, 15) is 4.79 Å². The summed E-state index contributed by atoms with van der Waals surface area (Å²) in [5.41, 5.74) is 4.05. The number of amides is 1. The number of pyridine rings is 1. The molecule has 0 radical (unpaired) electrons.